The summed E-state index contributed by atoms with van der Waals surface area (Å²) in [5.74, 6) is -0.464. The SMILES string of the molecule is Cc1cc(=O)oc2cc(NC(=O)[C@H](CO[Si](C)(C)C(C)(C)C)NC(=O)OC(C)(C)C)ccc12. The van der Waals surface area contributed by atoms with Crippen molar-refractivity contribution in [3.63, 3.8) is 0 Å². The van der Waals surface area contributed by atoms with Crippen molar-refractivity contribution >= 4 is 37.0 Å². The molecule has 182 valence electrons. The number of anilines is 1. The lowest BCUT2D eigenvalue weighted by Gasteiger charge is -2.37. The van der Waals surface area contributed by atoms with Crippen molar-refractivity contribution in [2.45, 2.75) is 78.2 Å². The van der Waals surface area contributed by atoms with Crippen LogP contribution in [0.3, 0.4) is 0 Å². The van der Waals surface area contributed by atoms with E-state index in [2.05, 4.69) is 44.5 Å². The molecule has 2 rings (SSSR count). The second-order valence-electron chi connectivity index (χ2n) is 10.7. The van der Waals surface area contributed by atoms with Gasteiger partial charge in [0.1, 0.15) is 17.2 Å². The van der Waals surface area contributed by atoms with Crippen LogP contribution < -0.4 is 16.3 Å². The molecule has 33 heavy (non-hydrogen) atoms. The molecule has 0 radical (unpaired) electrons. The third-order valence-electron chi connectivity index (χ3n) is 5.64. The number of hydrogen-bond donors (Lipinski definition) is 2. The van der Waals surface area contributed by atoms with Gasteiger partial charge in [-0.15, -0.1) is 0 Å². The Kier molecular flexibility index (Phi) is 7.81. The number of carbonyl (C=O) groups excluding carboxylic acids is 2. The molecular formula is C24H36N2O6Si. The minimum Gasteiger partial charge on any atom is -0.444 e. The fourth-order valence-corrected chi connectivity index (χ4v) is 3.79. The highest BCUT2D eigenvalue weighted by Gasteiger charge is 2.38. The van der Waals surface area contributed by atoms with E-state index >= 15 is 0 Å². The van der Waals surface area contributed by atoms with E-state index in [-0.39, 0.29) is 11.6 Å². The molecule has 0 unspecified atom stereocenters. The Morgan fingerprint density at radius 3 is 2.30 bits per heavy atom. The number of rotatable bonds is 6. The molecule has 2 amide bonds. The van der Waals surface area contributed by atoms with Gasteiger partial charge in [0.15, 0.2) is 8.32 Å². The highest BCUT2D eigenvalue weighted by molar-refractivity contribution is 6.74. The van der Waals surface area contributed by atoms with Crippen LogP contribution >= 0.6 is 0 Å². The Morgan fingerprint density at radius 2 is 1.73 bits per heavy atom. The summed E-state index contributed by atoms with van der Waals surface area (Å²) in [5.41, 5.74) is 0.415. The van der Waals surface area contributed by atoms with Crippen LogP contribution in [-0.2, 0) is 14.0 Å². The zero-order valence-electron chi connectivity index (χ0n) is 21.0. The van der Waals surface area contributed by atoms with Crippen molar-refractivity contribution in [2.24, 2.45) is 0 Å². The summed E-state index contributed by atoms with van der Waals surface area (Å²) >= 11 is 0. The van der Waals surface area contributed by atoms with Crippen molar-refractivity contribution in [1.29, 1.82) is 0 Å². The molecule has 0 aliphatic carbocycles. The van der Waals surface area contributed by atoms with Gasteiger partial charge in [-0.2, -0.15) is 0 Å². The largest absolute Gasteiger partial charge is 0.444 e. The van der Waals surface area contributed by atoms with Gasteiger partial charge in [0.2, 0.25) is 5.91 Å². The Balaban J connectivity index is 2.25. The first-order chi connectivity index (χ1) is 15.0. The lowest BCUT2D eigenvalue weighted by molar-refractivity contribution is -0.119. The molecule has 2 N–H and O–H groups in total. The maximum atomic E-state index is 13.1. The normalized spacial score (nSPS) is 13.5. The third kappa shape index (κ3) is 7.43. The average Bonchev–Trinajstić information content (AvgIpc) is 2.62. The molecule has 0 fully saturated rings. The van der Waals surface area contributed by atoms with E-state index in [4.69, 9.17) is 13.6 Å². The zero-order valence-corrected chi connectivity index (χ0v) is 22.0. The first-order valence-corrected chi connectivity index (χ1v) is 13.9. The number of alkyl carbamates (subject to hydrolysis) is 1. The number of aryl methyl sites for hydroxylation is 1. The minimum atomic E-state index is -2.17. The molecule has 2 aromatic rings. The highest BCUT2D eigenvalue weighted by atomic mass is 28.4. The molecule has 1 heterocycles. The molecule has 1 aromatic heterocycles. The zero-order chi connectivity index (χ0) is 25.2. The van der Waals surface area contributed by atoms with E-state index in [1.54, 1.807) is 39.0 Å². The van der Waals surface area contributed by atoms with Crippen molar-refractivity contribution in [3.05, 3.63) is 40.2 Å². The van der Waals surface area contributed by atoms with Crippen LogP contribution in [0.1, 0.15) is 47.1 Å². The second-order valence-corrected chi connectivity index (χ2v) is 15.5. The van der Waals surface area contributed by atoms with E-state index in [1.165, 1.54) is 6.07 Å². The molecular weight excluding hydrogens is 440 g/mol. The smallest absolute Gasteiger partial charge is 0.408 e. The second kappa shape index (κ2) is 9.68. The first kappa shape index (κ1) is 26.6. The molecule has 8 nitrogen and oxygen atoms in total. The molecule has 0 spiro atoms. The third-order valence-corrected chi connectivity index (χ3v) is 10.1. The van der Waals surface area contributed by atoms with E-state index in [0.29, 0.717) is 11.3 Å². The van der Waals surface area contributed by atoms with Crippen molar-refractivity contribution < 1.29 is 23.2 Å². The summed E-state index contributed by atoms with van der Waals surface area (Å²) in [6, 6.07) is 5.51. The molecule has 1 aromatic carbocycles. The van der Waals surface area contributed by atoms with Crippen LogP contribution in [0.4, 0.5) is 10.5 Å². The molecule has 1 atom stereocenters. The van der Waals surface area contributed by atoms with Gasteiger partial charge in [-0.3, -0.25) is 4.79 Å². The highest BCUT2D eigenvalue weighted by Crippen LogP contribution is 2.36. The summed E-state index contributed by atoms with van der Waals surface area (Å²) in [7, 11) is -2.17. The predicted molar refractivity (Wildman–Crippen MR) is 132 cm³/mol. The Morgan fingerprint density at radius 1 is 1.09 bits per heavy atom. The van der Waals surface area contributed by atoms with Gasteiger partial charge in [-0.1, -0.05) is 20.8 Å². The van der Waals surface area contributed by atoms with E-state index in [0.717, 1.165) is 10.9 Å². The lowest BCUT2D eigenvalue weighted by atomic mass is 10.1. The maximum absolute atomic E-state index is 13.1. The summed E-state index contributed by atoms with van der Waals surface area (Å²) in [4.78, 5) is 37.2. The molecule has 0 aliphatic rings. The molecule has 0 bridgehead atoms. The minimum absolute atomic E-state index is 0.00331. The summed E-state index contributed by atoms with van der Waals surface area (Å²) in [6.45, 7) is 17.5. The molecule has 9 heteroatoms. The standard InChI is InChI=1S/C24H36N2O6Si/c1-15-12-20(27)31-19-13-16(10-11-17(15)19)25-21(28)18(26-22(29)32-23(2,3)4)14-30-33(8,9)24(5,6)7/h10-13,18H,14H2,1-9H3,(H,25,28)(H,26,29)/t18-/m0/s1. The van der Waals surface area contributed by atoms with Crippen molar-refractivity contribution in [1.82, 2.24) is 5.32 Å². The quantitative estimate of drug-likeness (QED) is 0.451. The first-order valence-electron chi connectivity index (χ1n) is 11.0. The number of fused-ring (bicyclic) bond motifs is 1. The van der Waals surface area contributed by atoms with Crippen LogP contribution in [0.25, 0.3) is 11.0 Å². The average molecular weight is 477 g/mol. The number of carbonyl (C=O) groups is 2. The molecule has 0 saturated carbocycles. The summed E-state index contributed by atoms with van der Waals surface area (Å²) in [6.07, 6.45) is -0.707. The lowest BCUT2D eigenvalue weighted by Crippen LogP contribution is -2.51. The van der Waals surface area contributed by atoms with Crippen LogP contribution in [0.5, 0.6) is 0 Å². The van der Waals surface area contributed by atoms with E-state index in [9.17, 15) is 14.4 Å². The van der Waals surface area contributed by atoms with Gasteiger partial charge in [-0.05, 0) is 63.5 Å². The Bertz CT molecular complexity index is 1080. The number of benzene rings is 1. The fourth-order valence-electron chi connectivity index (χ4n) is 2.77. The van der Waals surface area contributed by atoms with Gasteiger partial charge in [0.25, 0.3) is 0 Å². The van der Waals surface area contributed by atoms with Gasteiger partial charge >= 0.3 is 11.7 Å². The Labute approximate surface area is 196 Å². The van der Waals surface area contributed by atoms with Crippen LogP contribution in [-0.4, -0.2) is 38.6 Å². The predicted octanol–water partition coefficient (Wildman–Crippen LogP) is 4.96. The Hall–Kier alpha value is -2.65. The number of ether oxygens (including phenoxy) is 1. The molecule has 0 saturated heterocycles. The van der Waals surface area contributed by atoms with Crippen molar-refractivity contribution in [3.8, 4) is 0 Å². The summed E-state index contributed by atoms with van der Waals surface area (Å²) in [5, 5.41) is 6.12. The summed E-state index contributed by atoms with van der Waals surface area (Å²) < 4.78 is 16.8. The van der Waals surface area contributed by atoms with E-state index < -0.39 is 37.6 Å². The van der Waals surface area contributed by atoms with Gasteiger partial charge in [0.05, 0.1) is 6.61 Å². The fraction of sp³-hybridized carbons (Fsp3) is 0.542. The van der Waals surface area contributed by atoms with Gasteiger partial charge < -0.3 is 24.2 Å². The number of amides is 2. The maximum Gasteiger partial charge on any atom is 0.408 e. The molecule has 0 aliphatic heterocycles. The van der Waals surface area contributed by atoms with Crippen LogP contribution in [0.2, 0.25) is 18.1 Å². The van der Waals surface area contributed by atoms with Gasteiger partial charge in [0, 0.05) is 23.2 Å². The number of hydrogen-bond acceptors (Lipinski definition) is 6. The van der Waals surface area contributed by atoms with Crippen molar-refractivity contribution in [2.75, 3.05) is 11.9 Å². The number of nitrogens with one attached hydrogen (secondary N) is 2. The van der Waals surface area contributed by atoms with E-state index in [1.807, 2.05) is 6.92 Å². The monoisotopic (exact) mass is 476 g/mol. The topological polar surface area (TPSA) is 107 Å². The van der Waals surface area contributed by atoms with Gasteiger partial charge in [-0.25, -0.2) is 9.59 Å². The van der Waals surface area contributed by atoms with Crippen LogP contribution in [0.15, 0.2) is 33.5 Å². The van der Waals surface area contributed by atoms with Crippen LogP contribution in [0, 0.1) is 6.92 Å².